The summed E-state index contributed by atoms with van der Waals surface area (Å²) in [6.45, 7) is 0.221. The molecule has 1 rings (SSSR count). The van der Waals surface area contributed by atoms with Crippen LogP contribution in [0.25, 0.3) is 0 Å². The van der Waals surface area contributed by atoms with Crippen LogP contribution in [0.4, 0.5) is 0 Å². The van der Waals surface area contributed by atoms with Gasteiger partial charge in [-0.25, -0.2) is 0 Å². The normalized spacial score (nSPS) is 18.2. The molecule has 6 nitrogen and oxygen atoms in total. The highest BCUT2D eigenvalue weighted by atomic mass is 79.9. The predicted octanol–water partition coefficient (Wildman–Crippen LogP) is 0.0846. The summed E-state index contributed by atoms with van der Waals surface area (Å²) in [6, 6.07) is -0.423. The van der Waals surface area contributed by atoms with Gasteiger partial charge in [0.1, 0.15) is 5.78 Å². The Labute approximate surface area is 119 Å². The van der Waals surface area contributed by atoms with Gasteiger partial charge in [-0.15, -0.1) is 0 Å². The van der Waals surface area contributed by atoms with Crippen LogP contribution in [0.2, 0.25) is 0 Å². The number of ketones is 2. The smallest absolute Gasteiger partial charge is 0.230 e. The van der Waals surface area contributed by atoms with Crippen molar-refractivity contribution in [1.82, 2.24) is 10.6 Å². The summed E-state index contributed by atoms with van der Waals surface area (Å²) in [5.41, 5.74) is 0. The highest BCUT2D eigenvalue weighted by Gasteiger charge is 2.26. The third-order valence-electron chi connectivity index (χ3n) is 2.84. The lowest BCUT2D eigenvalue weighted by atomic mass is 10.2. The van der Waals surface area contributed by atoms with Gasteiger partial charge >= 0.3 is 0 Å². The molecule has 1 fully saturated rings. The molecule has 0 unspecified atom stereocenters. The number of hydrogen-bond donors (Lipinski definition) is 2. The molecular formula is C12H17BrN2O4. The molecule has 0 aliphatic heterocycles. The molecule has 106 valence electrons. The summed E-state index contributed by atoms with van der Waals surface area (Å²) < 4.78 is 0. The Morgan fingerprint density at radius 2 is 2.00 bits per heavy atom. The maximum absolute atomic E-state index is 11.5. The molecule has 2 amide bonds. The summed E-state index contributed by atoms with van der Waals surface area (Å²) >= 11 is 2.98. The van der Waals surface area contributed by atoms with E-state index in [2.05, 4.69) is 26.6 Å². The molecule has 7 heteroatoms. The number of nitrogens with one attached hydrogen (secondary N) is 2. The summed E-state index contributed by atoms with van der Waals surface area (Å²) in [5, 5.41) is 5.28. The van der Waals surface area contributed by atoms with Crippen LogP contribution in [0.3, 0.4) is 0 Å². The Kier molecular flexibility index (Phi) is 6.69. The van der Waals surface area contributed by atoms with Gasteiger partial charge in [0.15, 0.2) is 5.78 Å². The Hall–Kier alpha value is -1.24. The second-order valence-electron chi connectivity index (χ2n) is 4.43. The molecule has 1 atom stereocenters. The van der Waals surface area contributed by atoms with E-state index in [1.807, 2.05) is 0 Å². The van der Waals surface area contributed by atoms with Crippen LogP contribution in [-0.2, 0) is 19.2 Å². The van der Waals surface area contributed by atoms with E-state index >= 15 is 0 Å². The molecule has 0 spiro atoms. The van der Waals surface area contributed by atoms with Crippen molar-refractivity contribution in [2.75, 3.05) is 11.9 Å². The van der Waals surface area contributed by atoms with Crippen LogP contribution in [0.1, 0.15) is 32.1 Å². The summed E-state index contributed by atoms with van der Waals surface area (Å²) in [6.07, 6.45) is 1.81. The molecular weight excluding hydrogens is 316 g/mol. The molecule has 19 heavy (non-hydrogen) atoms. The van der Waals surface area contributed by atoms with E-state index in [4.69, 9.17) is 0 Å². The SMILES string of the molecule is O=C(CCNC(=O)CBr)CC(=O)N[C@H]1CCCC1=O. The van der Waals surface area contributed by atoms with Gasteiger partial charge in [0.05, 0.1) is 17.8 Å². The summed E-state index contributed by atoms with van der Waals surface area (Å²) in [7, 11) is 0. The fourth-order valence-corrected chi connectivity index (χ4v) is 2.07. The summed E-state index contributed by atoms with van der Waals surface area (Å²) in [5.74, 6) is -0.839. The van der Waals surface area contributed by atoms with Gasteiger partial charge in [-0.1, -0.05) is 15.9 Å². The molecule has 0 aromatic rings. The van der Waals surface area contributed by atoms with E-state index in [1.54, 1.807) is 0 Å². The van der Waals surface area contributed by atoms with Gasteiger partial charge in [-0.2, -0.15) is 0 Å². The van der Waals surface area contributed by atoms with Crippen LogP contribution in [0.15, 0.2) is 0 Å². The molecule has 0 heterocycles. The molecule has 0 saturated heterocycles. The van der Waals surface area contributed by atoms with Crippen molar-refractivity contribution in [2.24, 2.45) is 0 Å². The molecule has 0 bridgehead atoms. The molecule has 1 aliphatic carbocycles. The Morgan fingerprint density at radius 3 is 2.58 bits per heavy atom. The Balaban J connectivity index is 2.19. The molecule has 0 aromatic carbocycles. The van der Waals surface area contributed by atoms with Crippen molar-refractivity contribution in [1.29, 1.82) is 0 Å². The zero-order valence-corrected chi connectivity index (χ0v) is 12.1. The minimum atomic E-state index is -0.423. The maximum Gasteiger partial charge on any atom is 0.230 e. The Bertz CT molecular complexity index is 384. The van der Waals surface area contributed by atoms with E-state index < -0.39 is 11.9 Å². The van der Waals surface area contributed by atoms with Gasteiger partial charge in [-0.05, 0) is 12.8 Å². The quantitative estimate of drug-likeness (QED) is 0.510. The third kappa shape index (κ3) is 5.96. The minimum Gasteiger partial charge on any atom is -0.355 e. The lowest BCUT2D eigenvalue weighted by Gasteiger charge is -2.10. The number of carbonyl (C=O) groups is 4. The lowest BCUT2D eigenvalue weighted by molar-refractivity contribution is -0.130. The standard InChI is InChI=1S/C12H17BrN2O4/c13-7-12(19)14-5-4-8(16)6-11(18)15-9-2-1-3-10(9)17/h9H,1-7H2,(H,14,19)(H,15,18)/t9-/m0/s1. The number of amides is 2. The number of hydrogen-bond acceptors (Lipinski definition) is 4. The van der Waals surface area contributed by atoms with E-state index in [0.717, 1.165) is 6.42 Å². The van der Waals surface area contributed by atoms with Crippen LogP contribution < -0.4 is 10.6 Å². The number of Topliss-reactive ketones (excluding diaryl/α,β-unsaturated/α-hetero) is 2. The van der Waals surface area contributed by atoms with E-state index in [9.17, 15) is 19.2 Å². The minimum absolute atomic E-state index is 0.0328. The zero-order chi connectivity index (χ0) is 14.3. The Morgan fingerprint density at radius 1 is 1.26 bits per heavy atom. The first-order chi connectivity index (χ1) is 9.02. The topological polar surface area (TPSA) is 92.3 Å². The highest BCUT2D eigenvalue weighted by molar-refractivity contribution is 9.09. The number of carbonyl (C=O) groups excluding carboxylic acids is 4. The van der Waals surface area contributed by atoms with Crippen molar-refractivity contribution in [2.45, 2.75) is 38.1 Å². The fourth-order valence-electron chi connectivity index (χ4n) is 1.87. The van der Waals surface area contributed by atoms with Crippen molar-refractivity contribution in [3.05, 3.63) is 0 Å². The largest absolute Gasteiger partial charge is 0.355 e. The zero-order valence-electron chi connectivity index (χ0n) is 10.5. The second-order valence-corrected chi connectivity index (χ2v) is 4.99. The predicted molar refractivity (Wildman–Crippen MR) is 71.8 cm³/mol. The van der Waals surface area contributed by atoms with Crippen LogP contribution >= 0.6 is 15.9 Å². The van der Waals surface area contributed by atoms with Gasteiger partial charge in [0.2, 0.25) is 11.8 Å². The van der Waals surface area contributed by atoms with Gasteiger partial charge in [-0.3, -0.25) is 19.2 Å². The third-order valence-corrected chi connectivity index (χ3v) is 3.35. The van der Waals surface area contributed by atoms with Crippen LogP contribution in [-0.4, -0.2) is 41.3 Å². The maximum atomic E-state index is 11.5. The first kappa shape index (κ1) is 15.8. The fraction of sp³-hybridized carbons (Fsp3) is 0.667. The average molecular weight is 333 g/mol. The van der Waals surface area contributed by atoms with Gasteiger partial charge in [0.25, 0.3) is 0 Å². The van der Waals surface area contributed by atoms with Gasteiger partial charge in [0, 0.05) is 19.4 Å². The van der Waals surface area contributed by atoms with Crippen molar-refractivity contribution < 1.29 is 19.2 Å². The molecule has 0 aromatic heterocycles. The highest BCUT2D eigenvalue weighted by Crippen LogP contribution is 2.14. The molecule has 1 aliphatic rings. The van der Waals surface area contributed by atoms with E-state index in [-0.39, 0.29) is 42.2 Å². The average Bonchev–Trinajstić information content (AvgIpc) is 2.74. The number of rotatable bonds is 7. The molecule has 0 radical (unpaired) electrons. The number of alkyl halides is 1. The number of halogens is 1. The first-order valence-corrected chi connectivity index (χ1v) is 7.31. The molecule has 1 saturated carbocycles. The van der Waals surface area contributed by atoms with Crippen molar-refractivity contribution in [3.8, 4) is 0 Å². The van der Waals surface area contributed by atoms with Crippen LogP contribution in [0.5, 0.6) is 0 Å². The monoisotopic (exact) mass is 332 g/mol. The second kappa shape index (κ2) is 8.04. The first-order valence-electron chi connectivity index (χ1n) is 6.19. The lowest BCUT2D eigenvalue weighted by Crippen LogP contribution is -2.38. The van der Waals surface area contributed by atoms with Crippen molar-refractivity contribution in [3.63, 3.8) is 0 Å². The van der Waals surface area contributed by atoms with E-state index in [1.165, 1.54) is 0 Å². The van der Waals surface area contributed by atoms with Crippen LogP contribution in [0, 0.1) is 0 Å². The summed E-state index contributed by atoms with van der Waals surface area (Å²) in [4.78, 5) is 45.2. The van der Waals surface area contributed by atoms with Gasteiger partial charge < -0.3 is 10.6 Å². The van der Waals surface area contributed by atoms with Crippen molar-refractivity contribution >= 4 is 39.3 Å². The molecule has 2 N–H and O–H groups in total. The van der Waals surface area contributed by atoms with E-state index in [0.29, 0.717) is 12.8 Å².